The summed E-state index contributed by atoms with van der Waals surface area (Å²) in [7, 11) is 0. The van der Waals surface area contributed by atoms with E-state index in [4.69, 9.17) is 16.8 Å². The van der Waals surface area contributed by atoms with Crippen molar-refractivity contribution in [3.63, 3.8) is 0 Å². The van der Waals surface area contributed by atoms with Crippen LogP contribution in [0.4, 0.5) is 0 Å². The highest BCUT2D eigenvalue weighted by molar-refractivity contribution is 6.24. The van der Waals surface area contributed by atoms with E-state index in [0.717, 1.165) is 54.8 Å². The first-order valence-corrected chi connectivity index (χ1v) is 17.2. The van der Waals surface area contributed by atoms with Crippen molar-refractivity contribution in [1.82, 2.24) is 0 Å². The van der Waals surface area contributed by atoms with Crippen LogP contribution < -0.4 is 0 Å². The van der Waals surface area contributed by atoms with E-state index in [2.05, 4.69) is 42.5 Å². The molecule has 0 fully saturated rings. The van der Waals surface area contributed by atoms with Gasteiger partial charge < -0.3 is 4.42 Å². The molecule has 11 rings (SSSR count). The monoisotopic (exact) mass is 685 g/mol. The topological polar surface area (TPSA) is 13.1 Å². The molecule has 0 bridgehead atoms. The Morgan fingerprint density at radius 1 is 0.321 bits per heavy atom. The third kappa shape index (κ3) is 4.71. The van der Waals surface area contributed by atoms with Gasteiger partial charge in [-0.1, -0.05) is 163 Å². The Balaban J connectivity index is 1.21. The van der Waals surface area contributed by atoms with E-state index in [0.29, 0.717) is 16.5 Å². The van der Waals surface area contributed by atoms with E-state index in [-0.39, 0.29) is 32.7 Å². The van der Waals surface area contributed by atoms with Crippen LogP contribution in [0.2, 0.25) is 0 Å². The number of benzene rings is 10. The maximum absolute atomic E-state index is 9.42. The lowest BCUT2D eigenvalue weighted by Gasteiger charge is -2.19. The Labute approximate surface area is 325 Å². The van der Waals surface area contributed by atoms with Crippen LogP contribution >= 0.6 is 0 Å². The molecule has 1 nitrogen and oxygen atoms in total. The highest BCUT2D eigenvalue weighted by Gasteiger charge is 2.19. The molecular weight excluding hydrogens is 641 g/mol. The summed E-state index contributed by atoms with van der Waals surface area (Å²) < 4.78 is 122. The molecule has 1 heteroatoms. The second-order valence-electron chi connectivity index (χ2n) is 13.0. The van der Waals surface area contributed by atoms with Gasteiger partial charge >= 0.3 is 0 Å². The molecule has 0 N–H and O–H groups in total. The summed E-state index contributed by atoms with van der Waals surface area (Å²) in [6, 6.07) is 29.4. The van der Waals surface area contributed by atoms with Crippen molar-refractivity contribution in [1.29, 1.82) is 0 Å². The van der Waals surface area contributed by atoms with Crippen molar-refractivity contribution < 1.29 is 22.2 Å². The first kappa shape index (κ1) is 19.6. The molecule has 0 amide bonds. The van der Waals surface area contributed by atoms with Gasteiger partial charge in [0, 0.05) is 10.8 Å². The average Bonchev–Trinajstić information content (AvgIpc) is 3.71. The smallest absolute Gasteiger partial charge is 0.135 e. The standard InChI is InChI=1S/C52H32O/c1-2-13-34(14-3-1)51-42-18-8-10-20-44(42)52(45-21-11-9-19-43(45)51)46-27-26-39(40-16-6-7-17-41(40)46)38-25-29-50-48(32-38)47-31-37(24-28-49(47)53-50)36-23-22-33-12-4-5-15-35(33)30-36/h1-32H/i1D,2D,3D,8D,9D,10D,11D,13D,14D,18D,19D,20D,21D. The second-order valence-corrected chi connectivity index (χ2v) is 13.0. The van der Waals surface area contributed by atoms with E-state index in [1.165, 1.54) is 0 Å². The van der Waals surface area contributed by atoms with Crippen LogP contribution in [0.5, 0.6) is 0 Å². The summed E-state index contributed by atoms with van der Waals surface area (Å²) in [5, 5.41) is 4.68. The SMILES string of the molecule is [2H]c1c([2H])c([2H])c(-c2c3c([2H])c([2H])c([2H])c([2H])c3c(-c3ccc(-c4ccc5oc6ccc(-c7ccc8ccccc8c7)cc6c5c4)c4ccccc34)c3c([2H])c([2H])c([2H])c([2H])c23)c([2H])c1[2H]. The lowest BCUT2D eigenvalue weighted by atomic mass is 9.84. The summed E-state index contributed by atoms with van der Waals surface area (Å²) in [6.45, 7) is 0. The Bertz CT molecular complexity index is 3880. The summed E-state index contributed by atoms with van der Waals surface area (Å²) >= 11 is 0. The maximum Gasteiger partial charge on any atom is 0.135 e. The van der Waals surface area contributed by atoms with Crippen LogP contribution in [-0.2, 0) is 0 Å². The zero-order valence-corrected chi connectivity index (χ0v) is 27.9. The average molecular weight is 686 g/mol. The lowest BCUT2D eigenvalue weighted by molar-refractivity contribution is 0.669. The van der Waals surface area contributed by atoms with Crippen LogP contribution in [0.25, 0.3) is 110 Å². The van der Waals surface area contributed by atoms with Gasteiger partial charge in [-0.15, -0.1) is 0 Å². The molecule has 0 aliphatic carbocycles. The zero-order chi connectivity index (χ0) is 46.2. The molecule has 0 atom stereocenters. The Morgan fingerprint density at radius 3 is 1.53 bits per heavy atom. The molecule has 0 spiro atoms. The Kier molecular flexibility index (Phi) is 4.36. The van der Waals surface area contributed by atoms with Gasteiger partial charge in [-0.25, -0.2) is 0 Å². The molecule has 10 aromatic carbocycles. The van der Waals surface area contributed by atoms with Gasteiger partial charge in [0.15, 0.2) is 0 Å². The summed E-state index contributed by atoms with van der Waals surface area (Å²) in [5.41, 5.74) is 4.89. The largest absolute Gasteiger partial charge is 0.456 e. The molecule has 11 aromatic rings. The molecule has 0 saturated heterocycles. The van der Waals surface area contributed by atoms with Crippen molar-refractivity contribution in [3.8, 4) is 44.5 Å². The van der Waals surface area contributed by atoms with E-state index in [1.54, 1.807) is 6.07 Å². The maximum atomic E-state index is 9.42. The normalized spacial score (nSPS) is 15.2. The van der Waals surface area contributed by atoms with Gasteiger partial charge in [0.05, 0.1) is 17.8 Å². The van der Waals surface area contributed by atoms with Gasteiger partial charge in [-0.3, -0.25) is 0 Å². The minimum absolute atomic E-state index is 0.0790. The summed E-state index contributed by atoms with van der Waals surface area (Å²) in [6.07, 6.45) is 0. The van der Waals surface area contributed by atoms with E-state index in [1.807, 2.05) is 66.7 Å². The van der Waals surface area contributed by atoms with E-state index in [9.17, 15) is 5.48 Å². The van der Waals surface area contributed by atoms with E-state index < -0.39 is 84.1 Å². The predicted molar refractivity (Wildman–Crippen MR) is 225 cm³/mol. The fourth-order valence-electron chi connectivity index (χ4n) is 7.78. The minimum Gasteiger partial charge on any atom is -0.456 e. The molecule has 0 aliphatic heterocycles. The molecule has 1 aromatic heterocycles. The Hall–Kier alpha value is -6.96. The quantitative estimate of drug-likeness (QED) is 0.168. The molecular formula is C52H32O. The first-order valence-electron chi connectivity index (χ1n) is 23.7. The zero-order valence-electron chi connectivity index (χ0n) is 40.9. The molecule has 0 unspecified atom stereocenters. The number of hydrogen-bond donors (Lipinski definition) is 0. The van der Waals surface area contributed by atoms with Crippen molar-refractivity contribution in [2.45, 2.75) is 0 Å². The predicted octanol–water partition coefficient (Wildman–Crippen LogP) is 14.9. The fourth-order valence-corrected chi connectivity index (χ4v) is 7.78. The van der Waals surface area contributed by atoms with Crippen LogP contribution in [-0.4, -0.2) is 0 Å². The van der Waals surface area contributed by atoms with Crippen molar-refractivity contribution in [2.75, 3.05) is 0 Å². The van der Waals surface area contributed by atoms with Crippen LogP contribution in [0.3, 0.4) is 0 Å². The summed E-state index contributed by atoms with van der Waals surface area (Å²) in [4.78, 5) is 0. The number of hydrogen-bond acceptors (Lipinski definition) is 1. The first-order chi connectivity index (χ1) is 31.7. The Morgan fingerprint density at radius 2 is 0.830 bits per heavy atom. The number of fused-ring (bicyclic) bond motifs is 7. The molecule has 0 saturated carbocycles. The fraction of sp³-hybridized carbons (Fsp3) is 0. The van der Waals surface area contributed by atoms with Gasteiger partial charge in [0.2, 0.25) is 0 Å². The van der Waals surface area contributed by atoms with Crippen LogP contribution in [0.15, 0.2) is 198 Å². The van der Waals surface area contributed by atoms with Gasteiger partial charge in [0.25, 0.3) is 0 Å². The van der Waals surface area contributed by atoms with Gasteiger partial charge in [-0.05, 0) is 118 Å². The highest BCUT2D eigenvalue weighted by atomic mass is 16.3. The molecule has 1 heterocycles. The molecule has 0 radical (unpaired) electrons. The van der Waals surface area contributed by atoms with Crippen molar-refractivity contribution in [2.24, 2.45) is 0 Å². The van der Waals surface area contributed by atoms with Crippen molar-refractivity contribution in [3.05, 3.63) is 194 Å². The molecule has 0 aliphatic rings. The number of furan rings is 1. The highest BCUT2D eigenvalue weighted by Crippen LogP contribution is 2.46. The summed E-state index contributed by atoms with van der Waals surface area (Å²) in [5.74, 6) is 0. The minimum atomic E-state index is -0.716. The second kappa shape index (κ2) is 11.8. The van der Waals surface area contributed by atoms with E-state index >= 15 is 0 Å². The molecule has 53 heavy (non-hydrogen) atoms. The third-order valence-electron chi connectivity index (χ3n) is 10.2. The van der Waals surface area contributed by atoms with Gasteiger partial charge in [0.1, 0.15) is 11.2 Å². The molecule has 246 valence electrons. The van der Waals surface area contributed by atoms with Crippen LogP contribution in [0.1, 0.15) is 17.8 Å². The van der Waals surface area contributed by atoms with Gasteiger partial charge in [-0.2, -0.15) is 0 Å². The van der Waals surface area contributed by atoms with Crippen LogP contribution in [0, 0.1) is 0 Å². The lowest BCUT2D eigenvalue weighted by Crippen LogP contribution is -1.92. The number of rotatable bonds is 4. The van der Waals surface area contributed by atoms with Crippen molar-refractivity contribution >= 4 is 65.0 Å². The third-order valence-corrected chi connectivity index (χ3v) is 10.2.